The van der Waals surface area contributed by atoms with Crippen LogP contribution in [0.5, 0.6) is 0 Å². The molecule has 5 nitrogen and oxygen atoms in total. The van der Waals surface area contributed by atoms with Crippen molar-refractivity contribution in [2.75, 3.05) is 54.0 Å². The number of methoxy groups -OCH3 is 1. The Hall–Kier alpha value is -0.280. The van der Waals surface area contributed by atoms with E-state index in [1.54, 1.807) is 7.11 Å². The van der Waals surface area contributed by atoms with Crippen LogP contribution in [0, 0.1) is 5.92 Å². The summed E-state index contributed by atoms with van der Waals surface area (Å²) in [6.07, 6.45) is 2.43. The van der Waals surface area contributed by atoms with Gasteiger partial charge in [0.25, 0.3) is 0 Å². The molecule has 1 saturated heterocycles. The van der Waals surface area contributed by atoms with Crippen molar-refractivity contribution in [2.45, 2.75) is 19.4 Å². The van der Waals surface area contributed by atoms with E-state index in [0.29, 0.717) is 16.0 Å². The van der Waals surface area contributed by atoms with Crippen molar-refractivity contribution in [1.82, 2.24) is 15.1 Å². The maximum atomic E-state index is 6.11. The zero-order valence-electron chi connectivity index (χ0n) is 16.4. The van der Waals surface area contributed by atoms with E-state index in [4.69, 9.17) is 27.9 Å². The summed E-state index contributed by atoms with van der Waals surface area (Å²) in [5.74, 6) is 1.59. The van der Waals surface area contributed by atoms with Gasteiger partial charge in [0.1, 0.15) is 0 Å². The third-order valence-corrected chi connectivity index (χ3v) is 5.58. The first-order chi connectivity index (χ1) is 12.5. The topological polar surface area (TPSA) is 40.1 Å². The van der Waals surface area contributed by atoms with E-state index >= 15 is 0 Å². The van der Waals surface area contributed by atoms with E-state index in [0.717, 1.165) is 50.9 Å². The summed E-state index contributed by atoms with van der Waals surface area (Å²) in [5, 5.41) is 4.68. The van der Waals surface area contributed by atoms with Gasteiger partial charge in [0.05, 0.1) is 16.7 Å². The Morgan fingerprint density at radius 3 is 2.59 bits per heavy atom. The summed E-state index contributed by atoms with van der Waals surface area (Å²) in [5.41, 5.74) is 1.11. The van der Waals surface area contributed by atoms with Crippen LogP contribution in [0.25, 0.3) is 0 Å². The standard InChI is InChI=1S/C19H30Cl2N4O.HI/c1-22-19(24(2)14-16-4-5-17(20)18(21)12-16)23-13-15-6-8-25(9-7-15)10-11-26-3;/h4-5,12,15H,6-11,13-14H2,1-3H3,(H,22,23);1H. The minimum Gasteiger partial charge on any atom is -0.383 e. The molecule has 27 heavy (non-hydrogen) atoms. The maximum Gasteiger partial charge on any atom is 0.193 e. The molecule has 1 N–H and O–H groups in total. The van der Waals surface area contributed by atoms with Crippen LogP contribution in [0.2, 0.25) is 10.0 Å². The van der Waals surface area contributed by atoms with Crippen molar-refractivity contribution in [1.29, 1.82) is 0 Å². The highest BCUT2D eigenvalue weighted by Crippen LogP contribution is 2.23. The van der Waals surface area contributed by atoms with Crippen molar-refractivity contribution in [3.8, 4) is 0 Å². The fourth-order valence-corrected chi connectivity index (χ4v) is 3.56. The molecule has 1 aromatic rings. The Morgan fingerprint density at radius 1 is 1.30 bits per heavy atom. The first kappa shape index (κ1) is 24.8. The van der Waals surface area contributed by atoms with Gasteiger partial charge in [-0.1, -0.05) is 29.3 Å². The summed E-state index contributed by atoms with van der Waals surface area (Å²) in [6.45, 7) is 5.82. The molecule has 0 amide bonds. The average Bonchev–Trinajstić information content (AvgIpc) is 2.64. The lowest BCUT2D eigenvalue weighted by Gasteiger charge is -2.32. The van der Waals surface area contributed by atoms with Crippen LogP contribution in [0.15, 0.2) is 23.2 Å². The van der Waals surface area contributed by atoms with Crippen LogP contribution in [0.3, 0.4) is 0 Å². The van der Waals surface area contributed by atoms with Gasteiger partial charge in [-0.05, 0) is 49.5 Å². The lowest BCUT2D eigenvalue weighted by molar-refractivity contribution is 0.120. The van der Waals surface area contributed by atoms with Gasteiger partial charge >= 0.3 is 0 Å². The SMILES string of the molecule is CN=C(NCC1CCN(CCOC)CC1)N(C)Cc1ccc(Cl)c(Cl)c1.I. The number of piperidine rings is 1. The second kappa shape index (κ2) is 13.0. The molecule has 0 saturated carbocycles. The van der Waals surface area contributed by atoms with Crippen LogP contribution in [-0.2, 0) is 11.3 Å². The number of ether oxygens (including phenoxy) is 1. The molecule has 0 spiro atoms. The van der Waals surface area contributed by atoms with Gasteiger partial charge in [0, 0.05) is 40.8 Å². The predicted molar refractivity (Wildman–Crippen MR) is 126 cm³/mol. The van der Waals surface area contributed by atoms with Crippen molar-refractivity contribution in [2.24, 2.45) is 10.9 Å². The third kappa shape index (κ3) is 8.31. The highest BCUT2D eigenvalue weighted by molar-refractivity contribution is 14.0. The molecule has 154 valence electrons. The molecule has 1 aliphatic heterocycles. The van der Waals surface area contributed by atoms with Gasteiger partial charge in [-0.3, -0.25) is 4.99 Å². The zero-order chi connectivity index (χ0) is 18.9. The number of nitrogens with zero attached hydrogens (tertiary/aromatic N) is 3. The summed E-state index contributed by atoms with van der Waals surface area (Å²) in [7, 11) is 5.61. The maximum absolute atomic E-state index is 6.11. The number of nitrogens with one attached hydrogen (secondary N) is 1. The number of halogens is 3. The lowest BCUT2D eigenvalue weighted by Crippen LogP contribution is -2.43. The van der Waals surface area contributed by atoms with Gasteiger partial charge in [-0.2, -0.15) is 0 Å². The smallest absolute Gasteiger partial charge is 0.193 e. The van der Waals surface area contributed by atoms with E-state index in [9.17, 15) is 0 Å². The molecule has 0 aromatic heterocycles. The van der Waals surface area contributed by atoms with Gasteiger partial charge in [0.15, 0.2) is 5.96 Å². The number of rotatable bonds is 7. The molecular formula is C19H31Cl2IN4O. The molecule has 1 aliphatic rings. The van der Waals surface area contributed by atoms with E-state index in [1.165, 1.54) is 12.8 Å². The van der Waals surface area contributed by atoms with Crippen LogP contribution in [0.4, 0.5) is 0 Å². The Bertz CT molecular complexity index is 595. The van der Waals surface area contributed by atoms with Gasteiger partial charge in [-0.15, -0.1) is 24.0 Å². The third-order valence-electron chi connectivity index (χ3n) is 4.84. The van der Waals surface area contributed by atoms with Crippen LogP contribution in [-0.4, -0.2) is 69.8 Å². The van der Waals surface area contributed by atoms with Crippen LogP contribution in [0.1, 0.15) is 18.4 Å². The number of likely N-dealkylation sites (tertiary alicyclic amines) is 1. The molecule has 1 heterocycles. The minimum absolute atomic E-state index is 0. The highest BCUT2D eigenvalue weighted by Gasteiger charge is 2.19. The quantitative estimate of drug-likeness (QED) is 0.330. The second-order valence-electron chi connectivity index (χ2n) is 6.81. The lowest BCUT2D eigenvalue weighted by atomic mass is 9.97. The Kier molecular flexibility index (Phi) is 12.0. The Labute approximate surface area is 190 Å². The molecule has 0 aliphatic carbocycles. The fraction of sp³-hybridized carbons (Fsp3) is 0.632. The number of hydrogen-bond donors (Lipinski definition) is 1. The molecule has 0 atom stereocenters. The van der Waals surface area contributed by atoms with Crippen LogP contribution >= 0.6 is 47.2 Å². The molecule has 0 bridgehead atoms. The molecule has 1 fully saturated rings. The zero-order valence-corrected chi connectivity index (χ0v) is 20.2. The molecule has 0 radical (unpaired) electrons. The molecule has 2 rings (SSSR count). The van der Waals surface area contributed by atoms with E-state index < -0.39 is 0 Å². The summed E-state index contributed by atoms with van der Waals surface area (Å²) < 4.78 is 5.16. The largest absolute Gasteiger partial charge is 0.383 e. The normalized spacial score (nSPS) is 16.1. The molecular weight excluding hydrogens is 498 g/mol. The van der Waals surface area contributed by atoms with E-state index in [-0.39, 0.29) is 24.0 Å². The number of benzene rings is 1. The van der Waals surface area contributed by atoms with E-state index in [2.05, 4.69) is 20.1 Å². The first-order valence-corrected chi connectivity index (χ1v) is 9.86. The van der Waals surface area contributed by atoms with Crippen molar-refractivity contribution < 1.29 is 4.74 Å². The number of aliphatic imine (C=N–C) groups is 1. The van der Waals surface area contributed by atoms with Crippen molar-refractivity contribution in [3.63, 3.8) is 0 Å². The second-order valence-corrected chi connectivity index (χ2v) is 7.62. The van der Waals surface area contributed by atoms with Crippen molar-refractivity contribution >= 4 is 53.1 Å². The molecule has 8 heteroatoms. The average molecular weight is 529 g/mol. The Morgan fingerprint density at radius 2 is 2.00 bits per heavy atom. The minimum atomic E-state index is 0. The van der Waals surface area contributed by atoms with Gasteiger partial charge < -0.3 is 19.9 Å². The summed E-state index contributed by atoms with van der Waals surface area (Å²) >= 11 is 12.1. The monoisotopic (exact) mass is 528 g/mol. The highest BCUT2D eigenvalue weighted by atomic mass is 127. The number of hydrogen-bond acceptors (Lipinski definition) is 3. The summed E-state index contributed by atoms with van der Waals surface area (Å²) in [6, 6.07) is 5.73. The van der Waals surface area contributed by atoms with Gasteiger partial charge in [-0.25, -0.2) is 0 Å². The van der Waals surface area contributed by atoms with Gasteiger partial charge in [0.2, 0.25) is 0 Å². The first-order valence-electron chi connectivity index (χ1n) is 9.10. The predicted octanol–water partition coefficient (Wildman–Crippen LogP) is 3.98. The number of guanidine groups is 1. The molecule has 0 unspecified atom stereocenters. The van der Waals surface area contributed by atoms with E-state index in [1.807, 2.05) is 32.3 Å². The molecule has 1 aromatic carbocycles. The van der Waals surface area contributed by atoms with Crippen molar-refractivity contribution in [3.05, 3.63) is 33.8 Å². The Balaban J connectivity index is 0.00000364. The van der Waals surface area contributed by atoms with Crippen LogP contribution < -0.4 is 5.32 Å². The summed E-state index contributed by atoms with van der Waals surface area (Å²) in [4.78, 5) is 8.99. The fourth-order valence-electron chi connectivity index (χ4n) is 3.24.